The fraction of sp³-hybridized carbons (Fsp3) is 0.231. The van der Waals surface area contributed by atoms with Crippen molar-refractivity contribution in [2.24, 2.45) is 11.8 Å². The Balaban J connectivity index is 1.59. The van der Waals surface area contributed by atoms with Gasteiger partial charge >= 0.3 is 0 Å². The van der Waals surface area contributed by atoms with E-state index in [0.717, 1.165) is 22.3 Å². The topological polar surface area (TPSA) is 101 Å². The summed E-state index contributed by atoms with van der Waals surface area (Å²) in [5, 5.41) is 22.0. The van der Waals surface area contributed by atoms with Crippen LogP contribution in [0.2, 0.25) is 0 Å². The van der Waals surface area contributed by atoms with Crippen LogP contribution in [0, 0.1) is 28.9 Å². The van der Waals surface area contributed by atoms with Crippen molar-refractivity contribution in [2.75, 3.05) is 11.5 Å². The number of hydrogen-bond acceptors (Lipinski definition) is 5. The van der Waals surface area contributed by atoms with Crippen LogP contribution in [-0.2, 0) is 15.0 Å². The number of imide groups is 1. The molecule has 1 saturated heterocycles. The summed E-state index contributed by atoms with van der Waals surface area (Å²) < 4.78 is 0. The van der Waals surface area contributed by atoms with E-state index >= 15 is 0 Å². The molecule has 7 nitrogen and oxygen atoms in total. The molecule has 164 valence electrons. The predicted octanol–water partition coefficient (Wildman–Crippen LogP) is 3.45. The number of anilines is 1. The molecule has 4 aliphatic rings. The Bertz CT molecular complexity index is 1330. The third kappa shape index (κ3) is 2.27. The largest absolute Gasteiger partial charge is 0.395 e. The van der Waals surface area contributed by atoms with Gasteiger partial charge in [-0.1, -0.05) is 48.5 Å². The Morgan fingerprint density at radius 2 is 1.58 bits per heavy atom. The average Bonchev–Trinajstić information content (AvgIpc) is 3.10. The third-order valence-corrected chi connectivity index (χ3v) is 7.68. The fourth-order valence-corrected chi connectivity index (χ4v) is 6.44. The van der Waals surface area contributed by atoms with Crippen molar-refractivity contribution in [3.8, 4) is 0 Å². The van der Waals surface area contributed by atoms with Gasteiger partial charge in [-0.2, -0.15) is 0 Å². The first kappa shape index (κ1) is 19.8. The minimum atomic E-state index is -1.03. The van der Waals surface area contributed by atoms with Crippen LogP contribution in [0.25, 0.3) is 0 Å². The zero-order chi connectivity index (χ0) is 23.1. The SMILES string of the molecule is Cc1cc([N+](=O)[O-])ccc1N1C(=O)C2C3c4ccccc4C(CO)(c4ccccc43)C2C1=O. The smallest absolute Gasteiger partial charge is 0.269 e. The summed E-state index contributed by atoms with van der Waals surface area (Å²) in [5.74, 6) is -2.39. The molecule has 3 aromatic carbocycles. The van der Waals surface area contributed by atoms with E-state index in [1.54, 1.807) is 6.92 Å². The normalized spacial score (nSPS) is 26.7. The molecule has 1 fully saturated rings. The van der Waals surface area contributed by atoms with E-state index in [9.17, 15) is 24.8 Å². The molecular weight excluding hydrogens is 420 g/mol. The number of carbonyl (C=O) groups excluding carboxylic acids is 2. The summed E-state index contributed by atoms with van der Waals surface area (Å²) in [7, 11) is 0. The Hall–Kier alpha value is -3.84. The number of aliphatic hydroxyl groups excluding tert-OH is 1. The lowest BCUT2D eigenvalue weighted by molar-refractivity contribution is -0.384. The molecule has 3 aliphatic carbocycles. The highest BCUT2D eigenvalue weighted by atomic mass is 16.6. The summed E-state index contributed by atoms with van der Waals surface area (Å²) in [5.41, 5.74) is 3.42. The number of non-ortho nitro benzene ring substituents is 1. The van der Waals surface area contributed by atoms with Gasteiger partial charge in [0.25, 0.3) is 5.69 Å². The molecular formula is C26H20N2O5. The Kier molecular flexibility index (Phi) is 3.95. The zero-order valence-corrected chi connectivity index (χ0v) is 17.8. The molecule has 33 heavy (non-hydrogen) atoms. The van der Waals surface area contributed by atoms with Crippen molar-refractivity contribution in [1.29, 1.82) is 0 Å². The second kappa shape index (κ2) is 6.59. The van der Waals surface area contributed by atoms with E-state index in [-0.39, 0.29) is 30.0 Å². The summed E-state index contributed by atoms with van der Waals surface area (Å²) in [4.78, 5) is 39.7. The van der Waals surface area contributed by atoms with Gasteiger partial charge in [-0.3, -0.25) is 19.7 Å². The second-order valence-electron chi connectivity index (χ2n) is 9.02. The number of benzene rings is 3. The third-order valence-electron chi connectivity index (χ3n) is 7.68. The number of hydrogen-bond donors (Lipinski definition) is 1. The van der Waals surface area contributed by atoms with Crippen LogP contribution in [0.15, 0.2) is 66.7 Å². The molecule has 0 radical (unpaired) electrons. The average molecular weight is 440 g/mol. The molecule has 0 saturated carbocycles. The summed E-state index contributed by atoms with van der Waals surface area (Å²) in [6.07, 6.45) is 0. The standard InChI is InChI=1S/C26H20N2O5/c1-14-12-15(28(32)33)10-11-20(14)27-24(30)22-21-16-6-2-4-8-18(16)26(13-29,23(22)25(27)31)19-9-5-3-7-17(19)21/h2-12,21-23,29H,13H2,1H3. The number of rotatable bonds is 3. The van der Waals surface area contributed by atoms with Gasteiger partial charge in [-0.15, -0.1) is 0 Å². The van der Waals surface area contributed by atoms with Crippen molar-refractivity contribution < 1.29 is 19.6 Å². The number of carbonyl (C=O) groups is 2. The monoisotopic (exact) mass is 440 g/mol. The van der Waals surface area contributed by atoms with E-state index in [1.807, 2.05) is 48.5 Å². The van der Waals surface area contributed by atoms with Crippen LogP contribution < -0.4 is 4.90 Å². The molecule has 1 heterocycles. The van der Waals surface area contributed by atoms with Crippen molar-refractivity contribution >= 4 is 23.2 Å². The fourth-order valence-electron chi connectivity index (χ4n) is 6.44. The Labute approximate surface area is 189 Å². The van der Waals surface area contributed by atoms with Gasteiger partial charge in [-0.05, 0) is 40.8 Å². The van der Waals surface area contributed by atoms with Crippen molar-refractivity contribution in [3.63, 3.8) is 0 Å². The molecule has 7 rings (SSSR count). The highest BCUT2D eigenvalue weighted by Gasteiger charge is 2.68. The van der Waals surface area contributed by atoms with Gasteiger partial charge in [0.15, 0.2) is 0 Å². The second-order valence-corrected chi connectivity index (χ2v) is 9.02. The molecule has 3 aromatic rings. The molecule has 2 atom stereocenters. The van der Waals surface area contributed by atoms with Crippen LogP contribution in [0.4, 0.5) is 11.4 Å². The quantitative estimate of drug-likeness (QED) is 0.382. The number of nitro groups is 1. The molecule has 0 aromatic heterocycles. The first-order chi connectivity index (χ1) is 15.9. The van der Waals surface area contributed by atoms with E-state index in [2.05, 4.69) is 0 Å². The Morgan fingerprint density at radius 3 is 2.12 bits per heavy atom. The lowest BCUT2D eigenvalue weighted by atomic mass is 9.47. The summed E-state index contributed by atoms with van der Waals surface area (Å²) in [6, 6.07) is 19.6. The maximum Gasteiger partial charge on any atom is 0.269 e. The molecule has 2 unspecified atom stereocenters. The van der Waals surface area contributed by atoms with E-state index in [0.29, 0.717) is 11.3 Å². The highest BCUT2D eigenvalue weighted by molar-refractivity contribution is 6.24. The molecule has 1 aliphatic heterocycles. The van der Waals surface area contributed by atoms with E-state index in [1.165, 1.54) is 23.1 Å². The summed E-state index contributed by atoms with van der Waals surface area (Å²) >= 11 is 0. The van der Waals surface area contributed by atoms with Crippen LogP contribution >= 0.6 is 0 Å². The van der Waals surface area contributed by atoms with Gasteiger partial charge in [0.2, 0.25) is 11.8 Å². The van der Waals surface area contributed by atoms with Gasteiger partial charge in [0, 0.05) is 18.1 Å². The van der Waals surface area contributed by atoms with Gasteiger partial charge in [0.05, 0.1) is 34.5 Å². The Morgan fingerprint density at radius 1 is 0.970 bits per heavy atom. The lowest BCUT2D eigenvalue weighted by Crippen LogP contribution is -2.55. The number of aliphatic hydroxyl groups is 1. The number of nitro benzene ring substituents is 1. The van der Waals surface area contributed by atoms with Crippen LogP contribution in [0.5, 0.6) is 0 Å². The van der Waals surface area contributed by atoms with E-state index < -0.39 is 22.2 Å². The molecule has 1 N–H and O–H groups in total. The molecule has 2 amide bonds. The van der Waals surface area contributed by atoms with Crippen molar-refractivity contribution in [3.05, 3.63) is 105 Å². The number of amides is 2. The van der Waals surface area contributed by atoms with Gasteiger partial charge in [-0.25, -0.2) is 4.90 Å². The maximum absolute atomic E-state index is 14.0. The molecule has 2 bridgehead atoms. The molecule has 7 heteroatoms. The predicted molar refractivity (Wildman–Crippen MR) is 120 cm³/mol. The van der Waals surface area contributed by atoms with E-state index in [4.69, 9.17) is 0 Å². The maximum atomic E-state index is 14.0. The molecule has 0 spiro atoms. The van der Waals surface area contributed by atoms with Crippen LogP contribution in [0.1, 0.15) is 33.7 Å². The number of aryl methyl sites for hydroxylation is 1. The van der Waals surface area contributed by atoms with Crippen LogP contribution in [0.3, 0.4) is 0 Å². The number of nitrogens with zero attached hydrogens (tertiary/aromatic N) is 2. The minimum Gasteiger partial charge on any atom is -0.395 e. The lowest BCUT2D eigenvalue weighted by Gasteiger charge is -2.53. The first-order valence-corrected chi connectivity index (χ1v) is 10.8. The summed E-state index contributed by atoms with van der Waals surface area (Å²) in [6.45, 7) is 1.35. The highest BCUT2D eigenvalue weighted by Crippen LogP contribution is 2.64. The minimum absolute atomic E-state index is 0.0977. The zero-order valence-electron chi connectivity index (χ0n) is 17.8. The van der Waals surface area contributed by atoms with Gasteiger partial charge < -0.3 is 5.11 Å². The first-order valence-electron chi connectivity index (χ1n) is 10.8. The van der Waals surface area contributed by atoms with Crippen molar-refractivity contribution in [1.82, 2.24) is 0 Å². The van der Waals surface area contributed by atoms with Crippen LogP contribution in [-0.4, -0.2) is 28.5 Å². The van der Waals surface area contributed by atoms with Crippen molar-refractivity contribution in [2.45, 2.75) is 18.3 Å². The van der Waals surface area contributed by atoms with Gasteiger partial charge in [0.1, 0.15) is 0 Å².